The van der Waals surface area contributed by atoms with E-state index in [2.05, 4.69) is 20.5 Å². The molecule has 4 rings (SSSR count). The van der Waals surface area contributed by atoms with Crippen molar-refractivity contribution in [2.45, 2.75) is 6.54 Å². The second-order valence-corrected chi connectivity index (χ2v) is 6.74. The van der Waals surface area contributed by atoms with Crippen molar-refractivity contribution in [3.63, 3.8) is 0 Å². The van der Waals surface area contributed by atoms with E-state index >= 15 is 0 Å². The van der Waals surface area contributed by atoms with E-state index in [4.69, 9.17) is 0 Å². The third-order valence-corrected chi connectivity index (χ3v) is 4.72. The Labute approximate surface area is 153 Å². The Bertz CT molecular complexity index is 1040. The molecule has 0 bridgehead atoms. The smallest absolute Gasteiger partial charge is 0.248 e. The number of carbonyl (C=O) groups excluding carboxylic acids is 1. The van der Waals surface area contributed by atoms with E-state index in [0.29, 0.717) is 6.54 Å². The molecule has 0 spiro atoms. The Hall–Kier alpha value is -3.32. The van der Waals surface area contributed by atoms with Crippen LogP contribution in [0.5, 0.6) is 0 Å². The van der Waals surface area contributed by atoms with Crippen LogP contribution < -0.4 is 5.32 Å². The highest BCUT2D eigenvalue weighted by Crippen LogP contribution is 2.22. The van der Waals surface area contributed by atoms with E-state index in [0.717, 1.165) is 26.5 Å². The van der Waals surface area contributed by atoms with Gasteiger partial charge in [0.15, 0.2) is 0 Å². The lowest BCUT2D eigenvalue weighted by molar-refractivity contribution is -0.111. The first-order valence-corrected chi connectivity index (χ1v) is 8.84. The molecule has 0 saturated heterocycles. The van der Waals surface area contributed by atoms with Crippen LogP contribution in [0, 0.1) is 0 Å². The minimum atomic E-state index is -0.189. The molecule has 1 amide bonds. The highest BCUT2D eigenvalue weighted by atomic mass is 32.1. The first-order chi connectivity index (χ1) is 12.8. The number of amides is 1. The average Bonchev–Trinajstić information content (AvgIpc) is 3.29. The van der Waals surface area contributed by atoms with Gasteiger partial charge >= 0.3 is 0 Å². The van der Waals surface area contributed by atoms with Crippen molar-refractivity contribution >= 4 is 39.2 Å². The van der Waals surface area contributed by atoms with E-state index in [1.807, 2.05) is 53.1 Å². The van der Waals surface area contributed by atoms with Gasteiger partial charge in [-0.15, -0.1) is 21.5 Å². The fraction of sp³-hybridized carbons (Fsp3) is 0.0526. The molecule has 2 heterocycles. The number of carbonyl (C=O) groups is 1. The highest BCUT2D eigenvalue weighted by molar-refractivity contribution is 7.19. The molecular formula is C19H15N5OS. The standard InChI is InChI=1S/C19H15N5OS/c25-18(8-9-19-23-16-6-1-2-7-17(16)26-19)22-15-5-3-4-14(10-15)11-24-12-20-21-13-24/h1-10,12-13H,11H2,(H,22,25). The molecule has 0 atom stereocenters. The summed E-state index contributed by atoms with van der Waals surface area (Å²) >= 11 is 1.56. The van der Waals surface area contributed by atoms with E-state index in [-0.39, 0.29) is 5.91 Å². The van der Waals surface area contributed by atoms with Gasteiger partial charge in [0, 0.05) is 11.8 Å². The largest absolute Gasteiger partial charge is 0.323 e. The Morgan fingerprint density at radius 3 is 2.81 bits per heavy atom. The number of rotatable bonds is 5. The van der Waals surface area contributed by atoms with Gasteiger partial charge in [-0.3, -0.25) is 4.79 Å². The molecule has 0 fully saturated rings. The topological polar surface area (TPSA) is 72.7 Å². The maximum Gasteiger partial charge on any atom is 0.248 e. The second-order valence-electron chi connectivity index (χ2n) is 5.68. The normalized spacial score (nSPS) is 11.2. The monoisotopic (exact) mass is 361 g/mol. The molecule has 2 aromatic heterocycles. The van der Waals surface area contributed by atoms with Crippen LogP contribution in [-0.4, -0.2) is 25.7 Å². The number of benzene rings is 2. The zero-order valence-corrected chi connectivity index (χ0v) is 14.6. The molecule has 0 aliphatic carbocycles. The second kappa shape index (κ2) is 7.28. The number of anilines is 1. The maximum atomic E-state index is 12.2. The molecule has 0 aliphatic rings. The third-order valence-electron chi connectivity index (χ3n) is 3.71. The zero-order chi connectivity index (χ0) is 17.8. The lowest BCUT2D eigenvalue weighted by atomic mass is 10.2. The molecule has 26 heavy (non-hydrogen) atoms. The average molecular weight is 361 g/mol. The van der Waals surface area contributed by atoms with Crippen LogP contribution in [0.15, 0.2) is 67.3 Å². The molecule has 0 aliphatic heterocycles. The summed E-state index contributed by atoms with van der Waals surface area (Å²) in [6.07, 6.45) is 6.56. The lowest BCUT2D eigenvalue weighted by Gasteiger charge is -2.06. The first kappa shape index (κ1) is 16.2. The SMILES string of the molecule is O=C(C=Cc1nc2ccccc2s1)Nc1cccc(Cn2cnnc2)c1. The number of aromatic nitrogens is 4. The highest BCUT2D eigenvalue weighted by Gasteiger charge is 2.03. The molecule has 4 aromatic rings. The molecule has 1 N–H and O–H groups in total. The van der Waals surface area contributed by atoms with E-state index in [1.54, 1.807) is 30.1 Å². The molecule has 6 nitrogen and oxygen atoms in total. The van der Waals surface area contributed by atoms with Crippen molar-refractivity contribution in [3.05, 3.63) is 77.8 Å². The number of thiazole rings is 1. The van der Waals surface area contributed by atoms with Crippen molar-refractivity contribution < 1.29 is 4.79 Å². The van der Waals surface area contributed by atoms with Gasteiger partial charge < -0.3 is 9.88 Å². The summed E-state index contributed by atoms with van der Waals surface area (Å²) in [6, 6.07) is 15.6. The fourth-order valence-corrected chi connectivity index (χ4v) is 3.42. The van der Waals surface area contributed by atoms with E-state index < -0.39 is 0 Å². The number of nitrogens with one attached hydrogen (secondary N) is 1. The number of hydrogen-bond donors (Lipinski definition) is 1. The van der Waals surface area contributed by atoms with Crippen LogP contribution in [0.4, 0.5) is 5.69 Å². The molecule has 7 heteroatoms. The zero-order valence-electron chi connectivity index (χ0n) is 13.7. The molecule has 128 valence electrons. The van der Waals surface area contributed by atoms with E-state index in [1.165, 1.54) is 6.08 Å². The maximum absolute atomic E-state index is 12.2. The van der Waals surface area contributed by atoms with Gasteiger partial charge in [0.25, 0.3) is 0 Å². The van der Waals surface area contributed by atoms with Crippen LogP contribution in [-0.2, 0) is 11.3 Å². The third kappa shape index (κ3) is 3.84. The summed E-state index contributed by atoms with van der Waals surface area (Å²) in [5, 5.41) is 11.3. The fourth-order valence-electron chi connectivity index (χ4n) is 2.55. The van der Waals surface area contributed by atoms with Crippen molar-refractivity contribution in [2.24, 2.45) is 0 Å². The first-order valence-electron chi connectivity index (χ1n) is 8.02. The predicted molar refractivity (Wildman–Crippen MR) is 103 cm³/mol. The van der Waals surface area contributed by atoms with Crippen LogP contribution in [0.25, 0.3) is 16.3 Å². The molecule has 0 radical (unpaired) electrons. The van der Waals surface area contributed by atoms with Crippen LogP contribution >= 0.6 is 11.3 Å². The van der Waals surface area contributed by atoms with Crippen molar-refractivity contribution in [1.82, 2.24) is 19.7 Å². The van der Waals surface area contributed by atoms with Crippen LogP contribution in [0.3, 0.4) is 0 Å². The molecule has 0 unspecified atom stereocenters. The van der Waals surface area contributed by atoms with Crippen molar-refractivity contribution in [1.29, 1.82) is 0 Å². The lowest BCUT2D eigenvalue weighted by Crippen LogP contribution is -2.08. The number of fused-ring (bicyclic) bond motifs is 1. The van der Waals surface area contributed by atoms with Crippen LogP contribution in [0.2, 0.25) is 0 Å². The Kier molecular flexibility index (Phi) is 4.53. The molecule has 2 aromatic carbocycles. The summed E-state index contributed by atoms with van der Waals surface area (Å²) in [7, 11) is 0. The van der Waals surface area contributed by atoms with Crippen LogP contribution in [0.1, 0.15) is 10.6 Å². The van der Waals surface area contributed by atoms with Gasteiger partial charge in [-0.1, -0.05) is 24.3 Å². The summed E-state index contributed by atoms with van der Waals surface area (Å²) in [4.78, 5) is 16.7. The minimum absolute atomic E-state index is 0.189. The summed E-state index contributed by atoms with van der Waals surface area (Å²) in [5.74, 6) is -0.189. The predicted octanol–water partition coefficient (Wildman–Crippen LogP) is 3.59. The van der Waals surface area contributed by atoms with Gasteiger partial charge in [-0.25, -0.2) is 4.98 Å². The van der Waals surface area contributed by atoms with Gasteiger partial charge in [0.1, 0.15) is 17.7 Å². The molecular weight excluding hydrogens is 346 g/mol. The number of para-hydroxylation sites is 1. The van der Waals surface area contributed by atoms with Gasteiger partial charge in [-0.05, 0) is 35.9 Å². The Morgan fingerprint density at radius 2 is 1.96 bits per heavy atom. The van der Waals surface area contributed by atoms with Gasteiger partial charge in [0.05, 0.1) is 16.8 Å². The number of hydrogen-bond acceptors (Lipinski definition) is 5. The Balaban J connectivity index is 1.42. The van der Waals surface area contributed by atoms with E-state index in [9.17, 15) is 4.79 Å². The minimum Gasteiger partial charge on any atom is -0.323 e. The Morgan fingerprint density at radius 1 is 1.12 bits per heavy atom. The number of nitrogens with zero attached hydrogens (tertiary/aromatic N) is 4. The van der Waals surface area contributed by atoms with Crippen molar-refractivity contribution in [2.75, 3.05) is 5.32 Å². The quantitative estimate of drug-likeness (QED) is 0.551. The summed E-state index contributed by atoms with van der Waals surface area (Å²) < 4.78 is 2.97. The molecule has 0 saturated carbocycles. The van der Waals surface area contributed by atoms with Gasteiger partial charge in [-0.2, -0.15) is 0 Å². The van der Waals surface area contributed by atoms with Gasteiger partial charge in [0.2, 0.25) is 5.91 Å². The van der Waals surface area contributed by atoms with Crippen molar-refractivity contribution in [3.8, 4) is 0 Å². The summed E-state index contributed by atoms with van der Waals surface area (Å²) in [6.45, 7) is 0.651. The summed E-state index contributed by atoms with van der Waals surface area (Å²) in [5.41, 5.74) is 2.74.